The molecule has 1 aliphatic rings. The van der Waals surface area contributed by atoms with Crippen LogP contribution < -0.4 is 4.90 Å². The highest BCUT2D eigenvalue weighted by molar-refractivity contribution is 6.51. The molecule has 4 nitrogen and oxygen atoms in total. The van der Waals surface area contributed by atoms with Crippen molar-refractivity contribution in [3.05, 3.63) is 105 Å². The molecule has 0 saturated carbocycles. The third-order valence-corrected chi connectivity index (χ3v) is 5.70. The second-order valence-electron chi connectivity index (χ2n) is 7.28. The molecule has 0 aliphatic carbocycles. The van der Waals surface area contributed by atoms with E-state index in [1.54, 1.807) is 0 Å². The van der Waals surface area contributed by atoms with Crippen LogP contribution in [0.25, 0.3) is 5.76 Å². The topological polar surface area (TPSA) is 57.6 Å². The smallest absolute Gasteiger partial charge is 0.416 e. The summed E-state index contributed by atoms with van der Waals surface area (Å²) in [5.74, 6) is -2.57. The van der Waals surface area contributed by atoms with E-state index >= 15 is 0 Å². The quantitative estimate of drug-likeness (QED) is 0.254. The van der Waals surface area contributed by atoms with Crippen LogP contribution in [0.1, 0.15) is 22.7 Å². The number of Topliss-reactive ketones (excluding diaryl/α,β-unsaturated/α-hetero) is 1. The van der Waals surface area contributed by atoms with E-state index in [0.717, 1.165) is 23.1 Å². The highest BCUT2D eigenvalue weighted by Gasteiger charge is 2.47. The molecule has 4 rings (SSSR count). The SMILES string of the molecule is O=C1C(=O)N(c2cccc(C(F)(F)F)c2)[C@H](c2ccc(Cl)cc2)/C1=C(\O)c1ccc(Cl)cc1. The van der Waals surface area contributed by atoms with E-state index in [0.29, 0.717) is 15.6 Å². The van der Waals surface area contributed by atoms with E-state index in [4.69, 9.17) is 23.2 Å². The number of alkyl halides is 3. The van der Waals surface area contributed by atoms with Gasteiger partial charge >= 0.3 is 6.18 Å². The summed E-state index contributed by atoms with van der Waals surface area (Å²) < 4.78 is 39.9. The molecular weight excluding hydrogens is 478 g/mol. The molecule has 168 valence electrons. The lowest BCUT2D eigenvalue weighted by atomic mass is 9.95. The summed E-state index contributed by atoms with van der Waals surface area (Å²) in [5, 5.41) is 11.7. The average molecular weight is 492 g/mol. The van der Waals surface area contributed by atoms with Crippen LogP contribution in [0, 0.1) is 0 Å². The largest absolute Gasteiger partial charge is 0.507 e. The first-order chi connectivity index (χ1) is 15.6. The van der Waals surface area contributed by atoms with Gasteiger partial charge in [-0.3, -0.25) is 14.5 Å². The Hall–Kier alpha value is -3.29. The van der Waals surface area contributed by atoms with Crippen LogP contribution in [0.4, 0.5) is 18.9 Å². The molecule has 1 heterocycles. The number of carbonyl (C=O) groups excluding carboxylic acids is 2. The van der Waals surface area contributed by atoms with E-state index in [1.165, 1.54) is 54.6 Å². The van der Waals surface area contributed by atoms with Gasteiger partial charge in [-0.15, -0.1) is 0 Å². The fourth-order valence-electron chi connectivity index (χ4n) is 3.65. The van der Waals surface area contributed by atoms with Gasteiger partial charge in [0, 0.05) is 21.3 Å². The zero-order valence-corrected chi connectivity index (χ0v) is 18.1. The summed E-state index contributed by atoms with van der Waals surface area (Å²) in [6, 6.07) is 15.0. The Morgan fingerprint density at radius 3 is 2.03 bits per heavy atom. The second-order valence-corrected chi connectivity index (χ2v) is 8.15. The Kier molecular flexibility index (Phi) is 5.95. The molecule has 9 heteroatoms. The van der Waals surface area contributed by atoms with Crippen molar-refractivity contribution in [3.8, 4) is 0 Å². The van der Waals surface area contributed by atoms with Gasteiger partial charge in [-0.05, 0) is 60.2 Å². The van der Waals surface area contributed by atoms with Crippen molar-refractivity contribution in [1.82, 2.24) is 0 Å². The summed E-state index contributed by atoms with van der Waals surface area (Å²) in [6.07, 6.45) is -4.65. The van der Waals surface area contributed by atoms with Gasteiger partial charge in [-0.1, -0.05) is 41.4 Å². The maximum atomic E-state index is 13.3. The van der Waals surface area contributed by atoms with Gasteiger partial charge in [0.1, 0.15) is 5.76 Å². The number of carbonyl (C=O) groups is 2. The van der Waals surface area contributed by atoms with Crippen molar-refractivity contribution < 1.29 is 27.9 Å². The monoisotopic (exact) mass is 491 g/mol. The molecule has 1 amide bonds. The van der Waals surface area contributed by atoms with Crippen LogP contribution in [0.15, 0.2) is 78.4 Å². The van der Waals surface area contributed by atoms with Crippen molar-refractivity contribution >= 4 is 46.3 Å². The molecule has 1 N–H and O–H groups in total. The number of nitrogens with zero attached hydrogens (tertiary/aromatic N) is 1. The zero-order valence-electron chi connectivity index (χ0n) is 16.6. The summed E-state index contributed by atoms with van der Waals surface area (Å²) in [6.45, 7) is 0. The third kappa shape index (κ3) is 4.34. The molecule has 1 aliphatic heterocycles. The lowest BCUT2D eigenvalue weighted by molar-refractivity contribution is -0.137. The van der Waals surface area contributed by atoms with Gasteiger partial charge in [-0.25, -0.2) is 0 Å². The predicted octanol–water partition coefficient (Wildman–Crippen LogP) is 6.64. The number of hydrogen-bond acceptors (Lipinski definition) is 3. The summed E-state index contributed by atoms with van der Waals surface area (Å²) in [7, 11) is 0. The zero-order chi connectivity index (χ0) is 23.9. The fourth-order valence-corrected chi connectivity index (χ4v) is 3.91. The molecule has 3 aromatic carbocycles. The number of aliphatic hydroxyl groups is 1. The van der Waals surface area contributed by atoms with E-state index in [1.807, 2.05) is 0 Å². The van der Waals surface area contributed by atoms with Gasteiger partial charge in [0.25, 0.3) is 11.7 Å². The van der Waals surface area contributed by atoms with Gasteiger partial charge in [-0.2, -0.15) is 13.2 Å². The van der Waals surface area contributed by atoms with Crippen molar-refractivity contribution in [2.45, 2.75) is 12.2 Å². The Balaban J connectivity index is 1.94. The number of halogens is 5. The van der Waals surface area contributed by atoms with Gasteiger partial charge in [0.15, 0.2) is 0 Å². The molecular formula is C24H14Cl2F3NO3. The van der Waals surface area contributed by atoms with Crippen molar-refractivity contribution in [2.75, 3.05) is 4.90 Å². The predicted molar refractivity (Wildman–Crippen MR) is 119 cm³/mol. The molecule has 0 aromatic heterocycles. The summed E-state index contributed by atoms with van der Waals surface area (Å²) in [5.41, 5.74) is -0.773. The van der Waals surface area contributed by atoms with Crippen molar-refractivity contribution in [1.29, 1.82) is 0 Å². The van der Waals surface area contributed by atoms with Crippen LogP contribution in [-0.2, 0) is 15.8 Å². The minimum atomic E-state index is -4.65. The van der Waals surface area contributed by atoms with Crippen LogP contribution in [0.2, 0.25) is 10.0 Å². The standard InChI is InChI=1S/C24H14Cl2F3NO3/c25-16-8-4-13(5-9-16)20-19(21(31)14-6-10-17(26)11-7-14)22(32)23(33)30(20)18-3-1-2-15(12-18)24(27,28)29/h1-12,20,31H/b21-19+/t20-/m1/s1. The number of amides is 1. The van der Waals surface area contributed by atoms with E-state index in [2.05, 4.69) is 0 Å². The molecule has 0 unspecified atom stereocenters. The number of benzene rings is 3. The maximum Gasteiger partial charge on any atom is 0.416 e. The molecule has 1 atom stereocenters. The molecule has 1 saturated heterocycles. The van der Waals surface area contributed by atoms with Crippen LogP contribution >= 0.6 is 23.2 Å². The van der Waals surface area contributed by atoms with Crippen LogP contribution in [-0.4, -0.2) is 16.8 Å². The lowest BCUT2D eigenvalue weighted by Crippen LogP contribution is -2.29. The summed E-state index contributed by atoms with van der Waals surface area (Å²) >= 11 is 11.9. The Labute approximate surface area is 196 Å². The fraction of sp³-hybridized carbons (Fsp3) is 0.0833. The number of ketones is 1. The van der Waals surface area contributed by atoms with Crippen LogP contribution in [0.5, 0.6) is 0 Å². The number of aliphatic hydroxyl groups excluding tert-OH is 1. The van der Waals surface area contributed by atoms with Crippen LogP contribution in [0.3, 0.4) is 0 Å². The van der Waals surface area contributed by atoms with E-state index in [9.17, 15) is 27.9 Å². The first kappa shape index (κ1) is 22.9. The number of anilines is 1. The lowest BCUT2D eigenvalue weighted by Gasteiger charge is -2.26. The Bertz CT molecular complexity index is 1270. The Morgan fingerprint density at radius 1 is 0.879 bits per heavy atom. The minimum absolute atomic E-state index is 0.137. The van der Waals surface area contributed by atoms with Crippen molar-refractivity contribution in [3.63, 3.8) is 0 Å². The molecule has 33 heavy (non-hydrogen) atoms. The second kappa shape index (κ2) is 8.57. The van der Waals surface area contributed by atoms with Gasteiger partial charge in [0.2, 0.25) is 0 Å². The first-order valence-corrected chi connectivity index (χ1v) is 10.3. The summed E-state index contributed by atoms with van der Waals surface area (Å²) in [4.78, 5) is 27.0. The molecule has 0 radical (unpaired) electrons. The average Bonchev–Trinajstić information content (AvgIpc) is 3.04. The molecule has 0 spiro atoms. The Morgan fingerprint density at radius 2 is 1.45 bits per heavy atom. The molecule has 0 bridgehead atoms. The van der Waals surface area contributed by atoms with E-state index in [-0.39, 0.29) is 16.8 Å². The first-order valence-electron chi connectivity index (χ1n) is 9.57. The minimum Gasteiger partial charge on any atom is -0.507 e. The molecule has 3 aromatic rings. The number of hydrogen-bond donors (Lipinski definition) is 1. The highest BCUT2D eigenvalue weighted by atomic mass is 35.5. The van der Waals surface area contributed by atoms with Gasteiger partial charge in [0.05, 0.1) is 17.2 Å². The highest BCUT2D eigenvalue weighted by Crippen LogP contribution is 2.43. The van der Waals surface area contributed by atoms with E-state index < -0.39 is 35.2 Å². The molecule has 1 fully saturated rings. The maximum absolute atomic E-state index is 13.3. The number of rotatable bonds is 3. The third-order valence-electron chi connectivity index (χ3n) is 5.20. The van der Waals surface area contributed by atoms with Crippen molar-refractivity contribution in [2.24, 2.45) is 0 Å². The van der Waals surface area contributed by atoms with Gasteiger partial charge < -0.3 is 5.11 Å². The normalized spacial score (nSPS) is 18.1.